The molecule has 0 fully saturated rings. The van der Waals surface area contributed by atoms with E-state index in [9.17, 15) is 14.4 Å². The number of ether oxygens (including phenoxy) is 1. The maximum Gasteiger partial charge on any atom is 0.338 e. The number of fused-ring (bicyclic) bond motifs is 3. The first-order chi connectivity index (χ1) is 17.0. The second-order valence-corrected chi connectivity index (χ2v) is 7.75. The van der Waals surface area contributed by atoms with Gasteiger partial charge in [0.25, 0.3) is 5.56 Å². The van der Waals surface area contributed by atoms with Gasteiger partial charge in [0.2, 0.25) is 11.7 Å². The van der Waals surface area contributed by atoms with Crippen molar-refractivity contribution in [3.63, 3.8) is 0 Å². The van der Waals surface area contributed by atoms with E-state index in [0.29, 0.717) is 39.4 Å². The maximum absolute atomic E-state index is 13.1. The number of anilines is 1. The first-order valence-electron chi connectivity index (χ1n) is 11.0. The lowest BCUT2D eigenvalue weighted by Crippen LogP contribution is -2.20. The van der Waals surface area contributed by atoms with Gasteiger partial charge in [-0.2, -0.15) is 0 Å². The first-order valence-corrected chi connectivity index (χ1v) is 11.0. The van der Waals surface area contributed by atoms with E-state index in [-0.39, 0.29) is 24.6 Å². The molecule has 0 aliphatic carbocycles. The molecule has 0 atom stereocenters. The lowest BCUT2D eigenvalue weighted by molar-refractivity contribution is -0.116. The smallest absolute Gasteiger partial charge is 0.338 e. The molecule has 174 valence electrons. The summed E-state index contributed by atoms with van der Waals surface area (Å²) in [6, 6.07) is 20.6. The van der Waals surface area contributed by atoms with Crippen LogP contribution in [0.5, 0.6) is 0 Å². The van der Waals surface area contributed by atoms with E-state index in [2.05, 4.69) is 15.3 Å². The number of rotatable bonds is 6. The molecule has 0 spiro atoms. The summed E-state index contributed by atoms with van der Waals surface area (Å²) in [5.41, 5.74) is 3.01. The number of nitrogens with one attached hydrogen (secondary N) is 1. The topological polar surface area (TPSA) is 108 Å². The van der Waals surface area contributed by atoms with Crippen molar-refractivity contribution in [1.82, 2.24) is 18.9 Å². The number of para-hydroxylation sites is 2. The van der Waals surface area contributed by atoms with Crippen LogP contribution in [0.4, 0.5) is 5.69 Å². The van der Waals surface area contributed by atoms with Crippen LogP contribution in [-0.4, -0.2) is 37.4 Å². The van der Waals surface area contributed by atoms with Crippen molar-refractivity contribution in [2.45, 2.75) is 13.5 Å². The van der Waals surface area contributed by atoms with Crippen LogP contribution in [0.25, 0.3) is 28.2 Å². The van der Waals surface area contributed by atoms with Crippen molar-refractivity contribution in [2.75, 3.05) is 11.9 Å². The molecule has 2 aromatic carbocycles. The van der Waals surface area contributed by atoms with E-state index >= 15 is 0 Å². The summed E-state index contributed by atoms with van der Waals surface area (Å²) >= 11 is 0. The van der Waals surface area contributed by atoms with Gasteiger partial charge in [0, 0.05) is 18.0 Å². The number of hydrogen-bond donors (Lipinski definition) is 1. The van der Waals surface area contributed by atoms with Gasteiger partial charge in [-0.15, -0.1) is 0 Å². The molecule has 0 saturated carbocycles. The second-order valence-electron chi connectivity index (χ2n) is 7.75. The van der Waals surface area contributed by atoms with Crippen LogP contribution < -0.4 is 10.9 Å². The van der Waals surface area contributed by atoms with E-state index < -0.39 is 5.97 Å². The number of imidazole rings is 1. The zero-order valence-corrected chi connectivity index (χ0v) is 18.8. The SMILES string of the molecule is CCOC(=O)c1ccc(NC(=O)Cn2c3ccccc3n3c(=O)cc(-c4ccccn4)nc23)cc1. The van der Waals surface area contributed by atoms with Crippen LogP contribution in [0, 0.1) is 0 Å². The zero-order valence-electron chi connectivity index (χ0n) is 18.8. The van der Waals surface area contributed by atoms with Crippen molar-refractivity contribution in [3.8, 4) is 11.4 Å². The molecule has 0 saturated heterocycles. The summed E-state index contributed by atoms with van der Waals surface area (Å²) in [7, 11) is 0. The van der Waals surface area contributed by atoms with Gasteiger partial charge in [-0.3, -0.25) is 14.6 Å². The van der Waals surface area contributed by atoms with Crippen molar-refractivity contribution in [3.05, 3.63) is 94.9 Å². The molecule has 0 radical (unpaired) electrons. The first kappa shape index (κ1) is 22.0. The van der Waals surface area contributed by atoms with Crippen LogP contribution in [0.15, 0.2) is 83.8 Å². The molecular weight excluding hydrogens is 446 g/mol. The Morgan fingerprint density at radius 3 is 2.40 bits per heavy atom. The monoisotopic (exact) mass is 467 g/mol. The van der Waals surface area contributed by atoms with Crippen molar-refractivity contribution < 1.29 is 14.3 Å². The minimum Gasteiger partial charge on any atom is -0.462 e. The van der Waals surface area contributed by atoms with Gasteiger partial charge < -0.3 is 14.6 Å². The standard InChI is InChI=1S/C26H21N5O4/c1-2-35-25(34)17-10-12-18(13-11-17)28-23(32)16-30-21-8-3-4-9-22(21)31-24(33)15-20(29-26(30)31)19-7-5-6-14-27-19/h3-15H,2,16H2,1H3,(H,28,32). The van der Waals surface area contributed by atoms with Gasteiger partial charge in [0.1, 0.15) is 6.54 Å². The molecule has 5 rings (SSSR count). The Kier molecular flexibility index (Phi) is 5.80. The minimum atomic E-state index is -0.420. The number of carbonyl (C=O) groups is 2. The molecule has 1 N–H and O–H groups in total. The Bertz CT molecular complexity index is 1600. The largest absolute Gasteiger partial charge is 0.462 e. The highest BCUT2D eigenvalue weighted by molar-refractivity contribution is 5.94. The third-order valence-electron chi connectivity index (χ3n) is 5.46. The fraction of sp³-hybridized carbons (Fsp3) is 0.115. The highest BCUT2D eigenvalue weighted by atomic mass is 16.5. The fourth-order valence-corrected chi connectivity index (χ4v) is 3.92. The zero-order chi connectivity index (χ0) is 24.4. The summed E-state index contributed by atoms with van der Waals surface area (Å²) < 4.78 is 8.17. The third-order valence-corrected chi connectivity index (χ3v) is 5.46. The van der Waals surface area contributed by atoms with Crippen molar-refractivity contribution >= 4 is 34.4 Å². The number of carbonyl (C=O) groups excluding carboxylic acids is 2. The number of amides is 1. The van der Waals surface area contributed by atoms with Gasteiger partial charge in [-0.1, -0.05) is 18.2 Å². The van der Waals surface area contributed by atoms with Crippen LogP contribution in [0.3, 0.4) is 0 Å². The van der Waals surface area contributed by atoms with E-state index in [1.54, 1.807) is 54.1 Å². The predicted octanol–water partition coefficient (Wildman–Crippen LogP) is 3.53. The Hall–Kier alpha value is -4.79. The van der Waals surface area contributed by atoms with Crippen LogP contribution in [0.2, 0.25) is 0 Å². The average Bonchev–Trinajstić information content (AvgIpc) is 3.19. The van der Waals surface area contributed by atoms with Gasteiger partial charge in [-0.25, -0.2) is 14.2 Å². The summed E-state index contributed by atoms with van der Waals surface area (Å²) in [5, 5.41) is 2.83. The normalized spacial score (nSPS) is 11.0. The highest BCUT2D eigenvalue weighted by Gasteiger charge is 2.17. The van der Waals surface area contributed by atoms with Gasteiger partial charge in [-0.05, 0) is 55.5 Å². The van der Waals surface area contributed by atoms with Gasteiger partial charge >= 0.3 is 5.97 Å². The highest BCUT2D eigenvalue weighted by Crippen LogP contribution is 2.21. The number of hydrogen-bond acceptors (Lipinski definition) is 6. The number of nitrogens with zero attached hydrogens (tertiary/aromatic N) is 4. The summed E-state index contributed by atoms with van der Waals surface area (Å²) in [6.45, 7) is 1.95. The molecule has 9 nitrogen and oxygen atoms in total. The molecule has 3 heterocycles. The number of benzene rings is 2. The van der Waals surface area contributed by atoms with Crippen LogP contribution in [0.1, 0.15) is 17.3 Å². The molecule has 0 aliphatic heterocycles. The molecule has 0 bridgehead atoms. The molecular formula is C26H21N5O4. The Balaban J connectivity index is 1.50. The Labute approximate surface area is 199 Å². The van der Waals surface area contributed by atoms with Crippen molar-refractivity contribution in [2.24, 2.45) is 0 Å². The lowest BCUT2D eigenvalue weighted by Gasteiger charge is -2.09. The van der Waals surface area contributed by atoms with Crippen molar-refractivity contribution in [1.29, 1.82) is 0 Å². The molecule has 0 unspecified atom stereocenters. The predicted molar refractivity (Wildman–Crippen MR) is 131 cm³/mol. The Morgan fingerprint density at radius 2 is 1.69 bits per heavy atom. The van der Waals surface area contributed by atoms with Gasteiger partial charge in [0.15, 0.2) is 0 Å². The van der Waals surface area contributed by atoms with E-state index in [0.717, 1.165) is 0 Å². The maximum atomic E-state index is 13.1. The third kappa shape index (κ3) is 4.26. The molecule has 5 aromatic rings. The van der Waals surface area contributed by atoms with E-state index in [1.165, 1.54) is 10.5 Å². The summed E-state index contributed by atoms with van der Waals surface area (Å²) in [6.07, 6.45) is 1.63. The average molecular weight is 467 g/mol. The fourth-order valence-electron chi connectivity index (χ4n) is 3.92. The second kappa shape index (κ2) is 9.22. The number of pyridine rings is 1. The molecule has 35 heavy (non-hydrogen) atoms. The summed E-state index contributed by atoms with van der Waals surface area (Å²) in [5.74, 6) is -0.391. The summed E-state index contributed by atoms with van der Waals surface area (Å²) in [4.78, 5) is 46.9. The van der Waals surface area contributed by atoms with Crippen LogP contribution >= 0.6 is 0 Å². The number of esters is 1. The van der Waals surface area contributed by atoms with Crippen LogP contribution in [-0.2, 0) is 16.1 Å². The lowest BCUT2D eigenvalue weighted by atomic mass is 10.2. The van der Waals surface area contributed by atoms with Gasteiger partial charge in [0.05, 0.1) is 34.6 Å². The quantitative estimate of drug-likeness (QED) is 0.383. The number of aromatic nitrogens is 4. The molecule has 0 aliphatic rings. The molecule has 1 amide bonds. The molecule has 9 heteroatoms. The van der Waals surface area contributed by atoms with E-state index in [1.807, 2.05) is 30.3 Å². The minimum absolute atomic E-state index is 0.0747. The molecule has 3 aromatic heterocycles. The van der Waals surface area contributed by atoms with E-state index in [4.69, 9.17) is 4.74 Å². The Morgan fingerprint density at radius 1 is 0.943 bits per heavy atom.